The molecule has 4 rings (SSSR count). The third-order valence-electron chi connectivity index (χ3n) is 6.99. The summed E-state index contributed by atoms with van der Waals surface area (Å²) in [4.78, 5) is 14.9. The molecule has 2 aliphatic rings. The van der Waals surface area contributed by atoms with Gasteiger partial charge in [-0.1, -0.05) is 13.3 Å². The van der Waals surface area contributed by atoms with Crippen LogP contribution in [0.3, 0.4) is 0 Å². The second-order valence-corrected chi connectivity index (χ2v) is 9.18. The van der Waals surface area contributed by atoms with Gasteiger partial charge in [-0.3, -0.25) is 14.4 Å². The number of halogens is 3. The van der Waals surface area contributed by atoms with E-state index >= 15 is 0 Å². The maximum absolute atomic E-state index is 13.2. The van der Waals surface area contributed by atoms with E-state index in [1.807, 2.05) is 0 Å². The number of carbonyl (C=O) groups excluding carboxylic acids is 1. The van der Waals surface area contributed by atoms with Crippen LogP contribution < -0.4 is 10.6 Å². The van der Waals surface area contributed by atoms with Gasteiger partial charge in [0.15, 0.2) is 5.82 Å². The fourth-order valence-electron chi connectivity index (χ4n) is 5.01. The number of carbonyl (C=O) groups is 1. The molecule has 2 heterocycles. The molecule has 0 radical (unpaired) electrons. The van der Waals surface area contributed by atoms with Crippen LogP contribution in [0, 0.1) is 5.92 Å². The predicted octanol–water partition coefficient (Wildman–Crippen LogP) is 3.23. The minimum Gasteiger partial charge on any atom is -0.394 e. The number of hydrogen-bond donors (Lipinski definition) is 3. The fourth-order valence-corrected chi connectivity index (χ4v) is 5.01. The lowest BCUT2D eigenvalue weighted by Crippen LogP contribution is -2.63. The molecule has 2 fully saturated rings. The van der Waals surface area contributed by atoms with Gasteiger partial charge in [-0.2, -0.15) is 18.3 Å². The van der Waals surface area contributed by atoms with E-state index in [-0.39, 0.29) is 42.8 Å². The Morgan fingerprint density at radius 1 is 1.21 bits per heavy atom. The van der Waals surface area contributed by atoms with Crippen LogP contribution in [-0.2, 0) is 17.5 Å². The minimum atomic E-state index is -4.48. The number of benzene rings is 1. The summed E-state index contributed by atoms with van der Waals surface area (Å²) in [6, 6.07) is 4.06. The van der Waals surface area contributed by atoms with Gasteiger partial charge in [0.25, 0.3) is 0 Å². The van der Waals surface area contributed by atoms with Crippen LogP contribution >= 0.6 is 0 Å². The highest BCUT2D eigenvalue weighted by atomic mass is 19.4. The molecule has 7 nitrogen and oxygen atoms in total. The van der Waals surface area contributed by atoms with Gasteiger partial charge < -0.3 is 15.7 Å². The Hall–Kier alpha value is -2.33. The third-order valence-corrected chi connectivity index (χ3v) is 6.99. The SMILES string of the molecule is CCC1CCC(N2CC(NC(=O)CNc3nn(CCO)c4ccc(C(F)(F)F)cc34)C2)CC1. The Balaban J connectivity index is 1.31. The summed E-state index contributed by atoms with van der Waals surface area (Å²) in [5.74, 6) is 0.835. The number of amides is 1. The van der Waals surface area contributed by atoms with Crippen LogP contribution in [0.2, 0.25) is 0 Å². The normalized spacial score (nSPS) is 22.3. The first kappa shape index (κ1) is 23.8. The summed E-state index contributed by atoms with van der Waals surface area (Å²) in [6.45, 7) is 3.80. The van der Waals surface area contributed by atoms with Gasteiger partial charge >= 0.3 is 6.18 Å². The zero-order valence-corrected chi connectivity index (χ0v) is 18.9. The smallest absolute Gasteiger partial charge is 0.394 e. The van der Waals surface area contributed by atoms with Crippen molar-refractivity contribution in [2.24, 2.45) is 5.92 Å². The Morgan fingerprint density at radius 2 is 1.94 bits per heavy atom. The van der Waals surface area contributed by atoms with Crippen LogP contribution in [0.1, 0.15) is 44.6 Å². The third kappa shape index (κ3) is 5.43. The van der Waals surface area contributed by atoms with Crippen molar-refractivity contribution in [2.45, 2.75) is 63.8 Å². The molecule has 2 aromatic rings. The quantitative estimate of drug-likeness (QED) is 0.555. The van der Waals surface area contributed by atoms with Crippen LogP contribution in [0.25, 0.3) is 10.9 Å². The number of alkyl halides is 3. The van der Waals surface area contributed by atoms with E-state index in [4.69, 9.17) is 0 Å². The Bertz CT molecular complexity index is 963. The van der Waals surface area contributed by atoms with Gasteiger partial charge in [0.05, 0.1) is 36.8 Å². The molecular formula is C23H32F3N5O2. The molecule has 1 aromatic heterocycles. The highest BCUT2D eigenvalue weighted by Gasteiger charge is 2.35. The Kier molecular flexibility index (Phi) is 7.13. The zero-order chi connectivity index (χ0) is 23.6. The molecule has 0 atom stereocenters. The van der Waals surface area contributed by atoms with E-state index in [0.717, 1.165) is 31.1 Å². The van der Waals surface area contributed by atoms with Gasteiger partial charge in [0, 0.05) is 24.5 Å². The molecule has 1 aliphatic carbocycles. The molecule has 1 saturated heterocycles. The zero-order valence-electron chi connectivity index (χ0n) is 18.9. The van der Waals surface area contributed by atoms with Crippen molar-refractivity contribution in [3.05, 3.63) is 23.8 Å². The first-order valence-electron chi connectivity index (χ1n) is 11.7. The summed E-state index contributed by atoms with van der Waals surface area (Å²) in [5.41, 5.74) is -0.319. The maximum atomic E-state index is 13.2. The van der Waals surface area contributed by atoms with Crippen LogP contribution in [0.15, 0.2) is 18.2 Å². The topological polar surface area (TPSA) is 82.4 Å². The van der Waals surface area contributed by atoms with Gasteiger partial charge in [-0.05, 0) is 49.8 Å². The lowest BCUT2D eigenvalue weighted by atomic mass is 9.83. The van der Waals surface area contributed by atoms with E-state index in [1.165, 1.54) is 42.9 Å². The predicted molar refractivity (Wildman–Crippen MR) is 120 cm³/mol. The van der Waals surface area contributed by atoms with Gasteiger partial charge in [0.1, 0.15) is 0 Å². The summed E-state index contributed by atoms with van der Waals surface area (Å²) < 4.78 is 40.9. The van der Waals surface area contributed by atoms with E-state index in [9.17, 15) is 23.1 Å². The van der Waals surface area contributed by atoms with E-state index in [0.29, 0.717) is 11.6 Å². The Labute approximate surface area is 191 Å². The molecule has 1 amide bonds. The van der Waals surface area contributed by atoms with Crippen LogP contribution in [0.4, 0.5) is 19.0 Å². The molecule has 1 aliphatic heterocycles. The van der Waals surface area contributed by atoms with Crippen molar-refractivity contribution in [1.82, 2.24) is 20.0 Å². The fraction of sp³-hybridized carbons (Fsp3) is 0.652. The van der Waals surface area contributed by atoms with Gasteiger partial charge in [0.2, 0.25) is 5.91 Å². The lowest BCUT2D eigenvalue weighted by molar-refractivity contribution is -0.137. The number of rotatable bonds is 8. The average molecular weight is 468 g/mol. The standard InChI is InChI=1S/C23H32F3N5O2/c1-2-15-3-6-18(7-4-15)30-13-17(14-30)28-21(33)12-27-22-19-11-16(23(24,25)26)5-8-20(19)31(29-22)9-10-32/h5,8,11,15,17-18,32H,2-4,6-7,9-10,12-14H2,1H3,(H,27,29)(H,28,33). The molecule has 33 heavy (non-hydrogen) atoms. The first-order chi connectivity index (χ1) is 15.8. The number of nitrogens with zero attached hydrogens (tertiary/aromatic N) is 3. The number of hydrogen-bond acceptors (Lipinski definition) is 5. The molecule has 1 saturated carbocycles. The van der Waals surface area contributed by atoms with Gasteiger partial charge in [-0.15, -0.1) is 0 Å². The summed E-state index contributed by atoms with van der Waals surface area (Å²) >= 11 is 0. The van der Waals surface area contributed by atoms with Gasteiger partial charge in [-0.25, -0.2) is 0 Å². The van der Waals surface area contributed by atoms with Crippen molar-refractivity contribution in [3.63, 3.8) is 0 Å². The number of anilines is 1. The van der Waals surface area contributed by atoms with Crippen LogP contribution in [-0.4, -0.2) is 64.0 Å². The van der Waals surface area contributed by atoms with Crippen molar-refractivity contribution >= 4 is 22.6 Å². The van der Waals surface area contributed by atoms with Crippen molar-refractivity contribution in [1.29, 1.82) is 0 Å². The molecule has 0 spiro atoms. The second-order valence-electron chi connectivity index (χ2n) is 9.18. The molecule has 3 N–H and O–H groups in total. The number of likely N-dealkylation sites (tertiary alicyclic amines) is 1. The molecule has 10 heteroatoms. The number of aliphatic hydroxyl groups is 1. The maximum Gasteiger partial charge on any atom is 0.416 e. The molecule has 182 valence electrons. The molecule has 0 unspecified atom stereocenters. The average Bonchev–Trinajstić information content (AvgIpc) is 3.11. The lowest BCUT2D eigenvalue weighted by Gasteiger charge is -2.46. The monoisotopic (exact) mass is 467 g/mol. The van der Waals surface area contributed by atoms with Crippen LogP contribution in [0.5, 0.6) is 0 Å². The summed E-state index contributed by atoms with van der Waals surface area (Å²) in [7, 11) is 0. The molecule has 0 bridgehead atoms. The van der Waals surface area contributed by atoms with E-state index in [1.54, 1.807) is 0 Å². The highest BCUT2D eigenvalue weighted by Crippen LogP contribution is 2.34. The van der Waals surface area contributed by atoms with Crippen molar-refractivity contribution in [3.8, 4) is 0 Å². The Morgan fingerprint density at radius 3 is 2.58 bits per heavy atom. The minimum absolute atomic E-state index is 0.0837. The second kappa shape index (κ2) is 9.89. The molecule has 1 aromatic carbocycles. The van der Waals surface area contributed by atoms with Crippen molar-refractivity contribution < 1.29 is 23.1 Å². The summed E-state index contributed by atoms with van der Waals surface area (Å²) in [5, 5.41) is 19.6. The highest BCUT2D eigenvalue weighted by molar-refractivity contribution is 5.92. The largest absolute Gasteiger partial charge is 0.416 e. The number of nitrogens with one attached hydrogen (secondary N) is 2. The first-order valence-corrected chi connectivity index (χ1v) is 11.7. The van der Waals surface area contributed by atoms with Crippen molar-refractivity contribution in [2.75, 3.05) is 31.6 Å². The number of aliphatic hydroxyl groups excluding tert-OH is 1. The van der Waals surface area contributed by atoms with E-state index < -0.39 is 11.7 Å². The summed E-state index contributed by atoms with van der Waals surface area (Å²) in [6.07, 6.45) is 1.79. The van der Waals surface area contributed by atoms with E-state index in [2.05, 4.69) is 27.6 Å². The number of fused-ring (bicyclic) bond motifs is 1. The number of aromatic nitrogens is 2. The molecular weight excluding hydrogens is 435 g/mol.